The van der Waals surface area contributed by atoms with Gasteiger partial charge in [0.2, 0.25) is 0 Å². The van der Waals surface area contributed by atoms with Crippen molar-refractivity contribution in [1.29, 1.82) is 0 Å². The lowest BCUT2D eigenvalue weighted by molar-refractivity contribution is 0.624. The van der Waals surface area contributed by atoms with Gasteiger partial charge in [-0.05, 0) is 12.0 Å². The Kier molecular flexibility index (Phi) is 1.91. The van der Waals surface area contributed by atoms with Gasteiger partial charge in [0.25, 0.3) is 0 Å². The molecular formula is C9H9F. The molecule has 0 spiro atoms. The summed E-state index contributed by atoms with van der Waals surface area (Å²) >= 11 is 0. The van der Waals surface area contributed by atoms with E-state index in [0.29, 0.717) is 5.92 Å². The van der Waals surface area contributed by atoms with Gasteiger partial charge in [0, 0.05) is 11.6 Å². The van der Waals surface area contributed by atoms with Crippen molar-refractivity contribution in [3.8, 4) is 0 Å². The summed E-state index contributed by atoms with van der Waals surface area (Å²) in [6.07, 6.45) is 0. The fraction of sp³-hybridized carbons (Fsp3) is 0.333. The number of halogens is 1. The number of rotatable bonds is 1. The molecule has 0 fully saturated rings. The zero-order valence-electron chi connectivity index (χ0n) is 6.11. The summed E-state index contributed by atoms with van der Waals surface area (Å²) in [6, 6.07) is 8.23. The van der Waals surface area contributed by atoms with E-state index in [1.807, 2.05) is 13.8 Å². The summed E-state index contributed by atoms with van der Waals surface area (Å²) in [5.74, 6) is 0.0920. The summed E-state index contributed by atoms with van der Waals surface area (Å²) in [4.78, 5) is 0. The normalized spacial score (nSPS) is 9.60. The van der Waals surface area contributed by atoms with Gasteiger partial charge >= 0.3 is 0 Å². The zero-order valence-corrected chi connectivity index (χ0v) is 6.11. The van der Waals surface area contributed by atoms with Gasteiger partial charge in [-0.2, -0.15) is 0 Å². The molecule has 0 saturated carbocycles. The average Bonchev–Trinajstić information content (AvgIpc) is 1.88. The molecule has 0 unspecified atom stereocenters. The van der Waals surface area contributed by atoms with E-state index in [0.717, 1.165) is 5.56 Å². The molecule has 0 radical (unpaired) electrons. The van der Waals surface area contributed by atoms with Gasteiger partial charge in [-0.3, -0.25) is 0 Å². The van der Waals surface area contributed by atoms with Crippen LogP contribution in [0.4, 0.5) is 4.39 Å². The molecule has 0 atom stereocenters. The molecule has 0 aromatic heterocycles. The molecule has 1 rings (SSSR count). The van der Waals surface area contributed by atoms with Crippen LogP contribution in [0.1, 0.15) is 25.3 Å². The van der Waals surface area contributed by atoms with Crippen LogP contribution >= 0.6 is 0 Å². The molecule has 52 valence electrons. The highest BCUT2D eigenvalue weighted by atomic mass is 19.1. The topological polar surface area (TPSA) is 0 Å². The van der Waals surface area contributed by atoms with Crippen LogP contribution in [0, 0.1) is 17.9 Å². The van der Waals surface area contributed by atoms with Gasteiger partial charge in [-0.25, -0.2) is 4.39 Å². The van der Waals surface area contributed by atoms with Crippen LogP contribution in [0.3, 0.4) is 0 Å². The standard InChI is InChI=1S/C9H9F/c1-7(2)8-4-3-5-9(10)6-8/h5-7H,1-2H3. The maximum atomic E-state index is 12.5. The van der Waals surface area contributed by atoms with Crippen molar-refractivity contribution < 1.29 is 4.39 Å². The molecule has 0 nitrogen and oxygen atoms in total. The minimum absolute atomic E-state index is 0.234. The Balaban J connectivity index is 2.96. The second-order valence-corrected chi connectivity index (χ2v) is 2.55. The van der Waals surface area contributed by atoms with Gasteiger partial charge in [0.05, 0.1) is 0 Å². The smallest absolute Gasteiger partial charge is 0.132 e. The van der Waals surface area contributed by atoms with Crippen molar-refractivity contribution in [3.63, 3.8) is 0 Å². The molecule has 0 aliphatic heterocycles. The fourth-order valence-electron chi connectivity index (χ4n) is 0.726. The molecule has 1 aromatic carbocycles. The third-order valence-electron chi connectivity index (χ3n) is 1.34. The predicted octanol–water partition coefficient (Wildman–Crippen LogP) is 2.55. The summed E-state index contributed by atoms with van der Waals surface area (Å²) in [7, 11) is 0. The van der Waals surface area contributed by atoms with E-state index in [1.54, 1.807) is 0 Å². The summed E-state index contributed by atoms with van der Waals surface area (Å²) in [6.45, 7) is 4.00. The van der Waals surface area contributed by atoms with E-state index in [9.17, 15) is 4.39 Å². The first-order chi connectivity index (χ1) is 4.70. The van der Waals surface area contributed by atoms with Crippen LogP contribution in [0.5, 0.6) is 0 Å². The molecule has 0 bridgehead atoms. The Morgan fingerprint density at radius 2 is 2.20 bits per heavy atom. The van der Waals surface area contributed by atoms with Gasteiger partial charge in [0.15, 0.2) is 0 Å². The summed E-state index contributed by atoms with van der Waals surface area (Å²) in [5, 5.41) is 0. The first kappa shape index (κ1) is 7.08. The van der Waals surface area contributed by atoms with Crippen LogP contribution in [-0.4, -0.2) is 0 Å². The Bertz CT molecular complexity index is 216. The Morgan fingerprint density at radius 1 is 1.50 bits per heavy atom. The third kappa shape index (κ3) is 1.48. The largest absolute Gasteiger partial charge is 0.206 e. The van der Waals surface area contributed by atoms with Crippen molar-refractivity contribution in [2.75, 3.05) is 0 Å². The maximum Gasteiger partial charge on any atom is 0.132 e. The zero-order chi connectivity index (χ0) is 7.56. The lowest BCUT2D eigenvalue weighted by Crippen LogP contribution is -1.85. The van der Waals surface area contributed by atoms with Crippen molar-refractivity contribution >= 4 is 0 Å². The van der Waals surface area contributed by atoms with Crippen LogP contribution in [-0.2, 0) is 0 Å². The van der Waals surface area contributed by atoms with Gasteiger partial charge in [-0.15, -0.1) is 0 Å². The highest BCUT2D eigenvalue weighted by molar-refractivity contribution is 5.12. The molecule has 0 heterocycles. The van der Waals surface area contributed by atoms with Gasteiger partial charge in [0.1, 0.15) is 5.82 Å². The molecular weight excluding hydrogens is 127 g/mol. The van der Waals surface area contributed by atoms with Crippen LogP contribution in [0.15, 0.2) is 12.1 Å². The molecule has 0 amide bonds. The molecule has 0 N–H and O–H groups in total. The highest BCUT2D eigenvalue weighted by Gasteiger charge is 1.97. The molecule has 0 saturated heterocycles. The molecule has 10 heavy (non-hydrogen) atoms. The van der Waals surface area contributed by atoms with Crippen molar-refractivity contribution in [2.45, 2.75) is 19.8 Å². The average molecular weight is 136 g/mol. The molecule has 0 aliphatic rings. The summed E-state index contributed by atoms with van der Waals surface area (Å²) in [5.41, 5.74) is 0.875. The summed E-state index contributed by atoms with van der Waals surface area (Å²) < 4.78 is 12.5. The predicted molar refractivity (Wildman–Crippen MR) is 38.2 cm³/mol. The van der Waals surface area contributed by atoms with E-state index in [2.05, 4.69) is 12.1 Å². The van der Waals surface area contributed by atoms with E-state index in [4.69, 9.17) is 0 Å². The minimum atomic E-state index is -0.234. The van der Waals surface area contributed by atoms with Gasteiger partial charge in [-0.1, -0.05) is 26.0 Å². The van der Waals surface area contributed by atoms with Crippen LogP contribution < -0.4 is 0 Å². The van der Waals surface area contributed by atoms with Crippen molar-refractivity contribution in [3.05, 3.63) is 35.6 Å². The molecule has 1 heteroatoms. The lowest BCUT2D eigenvalue weighted by atomic mass is 10.1. The lowest BCUT2D eigenvalue weighted by Gasteiger charge is -1.98. The Hall–Kier alpha value is -1.03. The van der Waals surface area contributed by atoms with E-state index < -0.39 is 0 Å². The first-order valence-corrected chi connectivity index (χ1v) is 3.29. The third-order valence-corrected chi connectivity index (χ3v) is 1.34. The number of hydrogen-bond acceptors (Lipinski definition) is 0. The van der Waals surface area contributed by atoms with Crippen LogP contribution in [0.2, 0.25) is 0 Å². The van der Waals surface area contributed by atoms with E-state index in [-0.39, 0.29) is 5.82 Å². The van der Waals surface area contributed by atoms with Crippen molar-refractivity contribution in [1.82, 2.24) is 0 Å². The second kappa shape index (κ2) is 2.70. The maximum absolute atomic E-state index is 12.5. The minimum Gasteiger partial charge on any atom is -0.206 e. The molecule has 1 aromatic rings. The Labute approximate surface area is 60.7 Å². The first-order valence-electron chi connectivity index (χ1n) is 3.29. The monoisotopic (exact) mass is 136 g/mol. The Morgan fingerprint density at radius 3 is 2.60 bits per heavy atom. The highest BCUT2D eigenvalue weighted by Crippen LogP contribution is 2.11. The quantitative estimate of drug-likeness (QED) is 0.556. The molecule has 0 aliphatic carbocycles. The van der Waals surface area contributed by atoms with Crippen molar-refractivity contribution in [2.24, 2.45) is 0 Å². The van der Waals surface area contributed by atoms with E-state index in [1.165, 1.54) is 12.1 Å². The van der Waals surface area contributed by atoms with Crippen LogP contribution in [0.25, 0.3) is 0 Å². The second-order valence-electron chi connectivity index (χ2n) is 2.55. The fourth-order valence-corrected chi connectivity index (χ4v) is 0.726. The number of hydrogen-bond donors (Lipinski definition) is 0. The van der Waals surface area contributed by atoms with Gasteiger partial charge < -0.3 is 0 Å². The SMILES string of the molecule is CC(C)c1c#ccc(F)c1. The van der Waals surface area contributed by atoms with E-state index >= 15 is 0 Å².